The highest BCUT2D eigenvalue weighted by atomic mass is 16.5. The number of aromatic nitrogens is 6. The van der Waals surface area contributed by atoms with Crippen molar-refractivity contribution in [1.29, 1.82) is 0 Å². The summed E-state index contributed by atoms with van der Waals surface area (Å²) in [5, 5.41) is 25.6. The minimum Gasteiger partial charge on any atom is -0.457 e. The number of likely N-dealkylation sites (N-methyl/N-ethyl adjacent to an activating group) is 1. The first-order valence-corrected chi connectivity index (χ1v) is 13.6. The Hall–Kier alpha value is -4.81. The van der Waals surface area contributed by atoms with Crippen LogP contribution in [-0.2, 0) is 10.4 Å². The minimum atomic E-state index is -1.10. The van der Waals surface area contributed by atoms with Gasteiger partial charge in [0.25, 0.3) is 0 Å². The molecule has 1 saturated heterocycles. The SMILES string of the molecule is C[NH2+]C/C=C/C(=O)N1CCC(O)(c2ccn3ncnc(Nc4ccc(Oc5ccn6ncnc6c5)c(C)c4)c23)CC1. The van der Waals surface area contributed by atoms with Gasteiger partial charge in [-0.15, -0.1) is 0 Å². The molecule has 0 bridgehead atoms. The molecule has 4 aromatic heterocycles. The van der Waals surface area contributed by atoms with Crippen LogP contribution in [0.5, 0.6) is 11.5 Å². The number of anilines is 2. The molecule has 4 N–H and O–H groups in total. The van der Waals surface area contributed by atoms with E-state index in [2.05, 4.69) is 25.5 Å². The fraction of sp³-hybridized carbons (Fsp3) is 0.276. The summed E-state index contributed by atoms with van der Waals surface area (Å²) in [4.78, 5) is 23.0. The maximum atomic E-state index is 12.5. The van der Waals surface area contributed by atoms with Gasteiger partial charge in [-0.05, 0) is 61.7 Å². The molecule has 0 atom stereocenters. The molecule has 0 unspecified atom stereocenters. The third kappa shape index (κ3) is 5.34. The third-order valence-corrected chi connectivity index (χ3v) is 7.41. The molecule has 0 radical (unpaired) electrons. The van der Waals surface area contributed by atoms with Gasteiger partial charge < -0.3 is 25.4 Å². The van der Waals surface area contributed by atoms with Gasteiger partial charge in [-0.1, -0.05) is 0 Å². The predicted octanol–water partition coefficient (Wildman–Crippen LogP) is 2.18. The van der Waals surface area contributed by atoms with Crippen LogP contribution in [0.3, 0.4) is 0 Å². The fourth-order valence-electron chi connectivity index (χ4n) is 5.16. The number of nitrogens with one attached hydrogen (secondary N) is 1. The first-order chi connectivity index (χ1) is 19.9. The van der Waals surface area contributed by atoms with Crippen molar-refractivity contribution in [3.8, 4) is 11.5 Å². The second kappa shape index (κ2) is 11.0. The summed E-state index contributed by atoms with van der Waals surface area (Å²) >= 11 is 0. The third-order valence-electron chi connectivity index (χ3n) is 7.41. The molecule has 210 valence electrons. The zero-order valence-corrected chi connectivity index (χ0v) is 22.9. The molecule has 1 aliphatic heterocycles. The number of benzene rings is 1. The Bertz CT molecular complexity index is 1730. The lowest BCUT2D eigenvalue weighted by Crippen LogP contribution is -2.79. The first-order valence-electron chi connectivity index (χ1n) is 13.6. The van der Waals surface area contributed by atoms with Crippen LogP contribution in [0.15, 0.2) is 73.6 Å². The number of hydrogen-bond acceptors (Lipinski definition) is 8. The molecule has 12 heteroatoms. The summed E-state index contributed by atoms with van der Waals surface area (Å²) in [6.07, 6.45) is 10.9. The lowest BCUT2D eigenvalue weighted by molar-refractivity contribution is -0.617. The Kier molecular flexibility index (Phi) is 7.08. The number of fused-ring (bicyclic) bond motifs is 2. The summed E-state index contributed by atoms with van der Waals surface area (Å²) in [6.45, 7) is 3.66. The summed E-state index contributed by atoms with van der Waals surface area (Å²) in [5.74, 6) is 1.94. The van der Waals surface area contributed by atoms with E-state index >= 15 is 0 Å². The quantitative estimate of drug-likeness (QED) is 0.248. The molecule has 0 aliphatic carbocycles. The van der Waals surface area contributed by atoms with Crippen molar-refractivity contribution in [2.45, 2.75) is 25.4 Å². The van der Waals surface area contributed by atoms with Crippen LogP contribution in [0.25, 0.3) is 11.2 Å². The van der Waals surface area contributed by atoms with Crippen LogP contribution in [0.4, 0.5) is 11.5 Å². The summed E-state index contributed by atoms with van der Waals surface area (Å²) in [6, 6.07) is 11.4. The highest BCUT2D eigenvalue weighted by Gasteiger charge is 2.37. The van der Waals surface area contributed by atoms with E-state index in [0.29, 0.717) is 54.4 Å². The van der Waals surface area contributed by atoms with Gasteiger partial charge in [-0.3, -0.25) is 4.79 Å². The zero-order chi connectivity index (χ0) is 28.4. The summed E-state index contributed by atoms with van der Waals surface area (Å²) in [5.41, 5.74) is 2.79. The van der Waals surface area contributed by atoms with Gasteiger partial charge >= 0.3 is 0 Å². The molecule has 12 nitrogen and oxygen atoms in total. The largest absolute Gasteiger partial charge is 0.457 e. The van der Waals surface area contributed by atoms with Gasteiger partial charge in [0.05, 0.1) is 19.2 Å². The molecule has 6 rings (SSSR count). The Morgan fingerprint density at radius 3 is 2.68 bits per heavy atom. The number of nitrogens with zero attached hydrogens (tertiary/aromatic N) is 7. The van der Waals surface area contributed by atoms with Crippen LogP contribution in [0.1, 0.15) is 24.0 Å². The predicted molar refractivity (Wildman–Crippen MR) is 152 cm³/mol. The molecule has 0 spiro atoms. The maximum Gasteiger partial charge on any atom is 0.246 e. The summed E-state index contributed by atoms with van der Waals surface area (Å²) < 4.78 is 9.50. The van der Waals surface area contributed by atoms with Crippen molar-refractivity contribution in [1.82, 2.24) is 34.1 Å². The fourth-order valence-corrected chi connectivity index (χ4v) is 5.16. The number of piperidine rings is 1. The highest BCUT2D eigenvalue weighted by Crippen LogP contribution is 2.38. The molecular formula is C29H32N9O3+. The van der Waals surface area contributed by atoms with E-state index in [-0.39, 0.29) is 5.91 Å². The van der Waals surface area contributed by atoms with E-state index in [1.54, 1.807) is 26.2 Å². The average molecular weight is 555 g/mol. The number of hydrogen-bond donors (Lipinski definition) is 3. The molecule has 1 amide bonds. The van der Waals surface area contributed by atoms with Crippen molar-refractivity contribution in [2.75, 3.05) is 32.0 Å². The number of quaternary nitrogens is 1. The molecule has 1 aromatic carbocycles. The van der Waals surface area contributed by atoms with E-state index in [1.165, 1.54) is 12.7 Å². The van der Waals surface area contributed by atoms with Gasteiger partial charge in [-0.2, -0.15) is 10.2 Å². The number of pyridine rings is 1. The number of carbonyl (C=O) groups excluding carboxylic acids is 1. The van der Waals surface area contributed by atoms with Gasteiger partial charge in [0, 0.05) is 48.9 Å². The Morgan fingerprint density at radius 2 is 1.88 bits per heavy atom. The Morgan fingerprint density at radius 1 is 1.10 bits per heavy atom. The number of carbonyl (C=O) groups is 1. The van der Waals surface area contributed by atoms with E-state index in [1.807, 2.05) is 68.0 Å². The smallest absolute Gasteiger partial charge is 0.246 e. The normalized spacial score (nSPS) is 15.1. The molecule has 1 aliphatic rings. The monoisotopic (exact) mass is 554 g/mol. The topological polar surface area (TPSA) is 139 Å². The number of nitrogens with two attached hydrogens (primary N) is 1. The van der Waals surface area contributed by atoms with Crippen LogP contribution in [-0.4, -0.2) is 71.8 Å². The van der Waals surface area contributed by atoms with E-state index < -0.39 is 5.60 Å². The van der Waals surface area contributed by atoms with E-state index in [0.717, 1.165) is 23.4 Å². The molecule has 5 heterocycles. The van der Waals surface area contributed by atoms with Gasteiger partial charge in [0.2, 0.25) is 5.91 Å². The molecule has 0 saturated carbocycles. The van der Waals surface area contributed by atoms with Crippen LogP contribution >= 0.6 is 0 Å². The molecule has 5 aromatic rings. The first kappa shape index (κ1) is 26.4. The number of amides is 1. The number of ether oxygens (including phenoxy) is 1. The second-order valence-corrected chi connectivity index (χ2v) is 10.2. The van der Waals surface area contributed by atoms with Crippen molar-refractivity contribution < 1.29 is 20.0 Å². The minimum absolute atomic E-state index is 0.0248. The standard InChI is InChI=1S/C29H31N9O3/c1-20-16-21(5-6-24(20)41-22-7-12-37-25(17-22)31-18-33-37)35-28-27-23(8-13-38(27)34-19-32-28)29(40)9-14-36(15-10-29)26(39)4-3-11-30-2/h3-8,12-13,16-19,30,40H,9-11,14-15H2,1-2H3,(H,32,34,35)/p+1/b4-3+. The van der Waals surface area contributed by atoms with E-state index in [9.17, 15) is 9.90 Å². The Labute approximate surface area is 236 Å². The average Bonchev–Trinajstić information content (AvgIpc) is 3.63. The van der Waals surface area contributed by atoms with Crippen molar-refractivity contribution in [3.05, 3.63) is 84.7 Å². The number of likely N-dealkylation sites (tertiary alicyclic amines) is 1. The molecule has 41 heavy (non-hydrogen) atoms. The van der Waals surface area contributed by atoms with Crippen molar-refractivity contribution >= 4 is 28.6 Å². The van der Waals surface area contributed by atoms with Gasteiger partial charge in [-0.25, -0.2) is 19.0 Å². The summed E-state index contributed by atoms with van der Waals surface area (Å²) in [7, 11) is 1.96. The molecular weight excluding hydrogens is 522 g/mol. The lowest BCUT2D eigenvalue weighted by Gasteiger charge is -2.38. The number of rotatable bonds is 8. The highest BCUT2D eigenvalue weighted by molar-refractivity contribution is 5.87. The van der Waals surface area contributed by atoms with E-state index in [4.69, 9.17) is 4.74 Å². The van der Waals surface area contributed by atoms with Crippen LogP contribution in [0.2, 0.25) is 0 Å². The van der Waals surface area contributed by atoms with Crippen molar-refractivity contribution in [2.24, 2.45) is 0 Å². The maximum absolute atomic E-state index is 12.5. The van der Waals surface area contributed by atoms with Crippen LogP contribution in [0, 0.1) is 6.92 Å². The number of aliphatic hydroxyl groups is 1. The lowest BCUT2D eigenvalue weighted by atomic mass is 9.85. The molecule has 1 fully saturated rings. The van der Waals surface area contributed by atoms with Gasteiger partial charge in [0.1, 0.15) is 29.7 Å². The Balaban J connectivity index is 1.20. The zero-order valence-electron chi connectivity index (χ0n) is 22.9. The van der Waals surface area contributed by atoms with Crippen molar-refractivity contribution in [3.63, 3.8) is 0 Å². The second-order valence-electron chi connectivity index (χ2n) is 10.2. The van der Waals surface area contributed by atoms with Crippen LogP contribution < -0.4 is 15.4 Å². The van der Waals surface area contributed by atoms with Gasteiger partial charge in [0.15, 0.2) is 11.5 Å². The number of aryl methyl sites for hydroxylation is 1.